The van der Waals surface area contributed by atoms with Gasteiger partial charge in [-0.3, -0.25) is 0 Å². The number of fused-ring (bicyclic) bond motifs is 1. The lowest BCUT2D eigenvalue weighted by molar-refractivity contribution is -0.206. The molecule has 0 saturated heterocycles. The van der Waals surface area contributed by atoms with E-state index < -0.39 is 18.0 Å². The van der Waals surface area contributed by atoms with Gasteiger partial charge in [0.25, 0.3) is 0 Å². The van der Waals surface area contributed by atoms with E-state index >= 15 is 0 Å². The summed E-state index contributed by atoms with van der Waals surface area (Å²) >= 11 is 2.92. The standard InChI is InChI=1S/C9H6BrF3N2O2/c10-4-2-6-5(14-8(17)15-6)1-3(4)7(16)9(11,12)13/h1-2,7,16H,(H2,14,15,17). The second-order valence-electron chi connectivity index (χ2n) is 3.44. The predicted octanol–water partition coefficient (Wildman–Crippen LogP) is 2.21. The Morgan fingerprint density at radius 2 is 1.76 bits per heavy atom. The average molecular weight is 311 g/mol. The first-order valence-corrected chi connectivity index (χ1v) is 5.24. The van der Waals surface area contributed by atoms with Crippen molar-refractivity contribution in [2.24, 2.45) is 0 Å². The monoisotopic (exact) mass is 310 g/mol. The van der Waals surface area contributed by atoms with Gasteiger partial charge in [-0.1, -0.05) is 15.9 Å². The van der Waals surface area contributed by atoms with E-state index in [1.807, 2.05) is 0 Å². The molecule has 0 aliphatic carbocycles. The van der Waals surface area contributed by atoms with Crippen molar-refractivity contribution in [2.75, 3.05) is 0 Å². The summed E-state index contributed by atoms with van der Waals surface area (Å²) in [7, 11) is 0. The highest BCUT2D eigenvalue weighted by Gasteiger charge is 2.40. The third-order valence-electron chi connectivity index (χ3n) is 2.24. The number of alkyl halides is 3. The van der Waals surface area contributed by atoms with Gasteiger partial charge in [0, 0.05) is 10.0 Å². The Kier molecular flexibility index (Phi) is 2.78. The van der Waals surface area contributed by atoms with Crippen LogP contribution in [0.5, 0.6) is 0 Å². The first-order chi connectivity index (χ1) is 7.79. The molecule has 4 nitrogen and oxygen atoms in total. The van der Waals surface area contributed by atoms with Crippen molar-refractivity contribution in [2.45, 2.75) is 12.3 Å². The summed E-state index contributed by atoms with van der Waals surface area (Å²) in [5.74, 6) is 0. The normalized spacial score (nSPS) is 14.2. The first-order valence-electron chi connectivity index (χ1n) is 4.45. The zero-order valence-corrected chi connectivity index (χ0v) is 9.69. The summed E-state index contributed by atoms with van der Waals surface area (Å²) in [5, 5.41) is 9.15. The van der Waals surface area contributed by atoms with Crippen molar-refractivity contribution >= 4 is 27.0 Å². The minimum atomic E-state index is -4.76. The van der Waals surface area contributed by atoms with E-state index in [1.165, 1.54) is 6.07 Å². The Hall–Kier alpha value is -1.28. The molecule has 3 N–H and O–H groups in total. The number of aromatic amines is 2. The summed E-state index contributed by atoms with van der Waals surface area (Å²) in [4.78, 5) is 15.7. The largest absolute Gasteiger partial charge is 0.418 e. The maximum atomic E-state index is 12.4. The Morgan fingerprint density at radius 3 is 2.29 bits per heavy atom. The van der Waals surface area contributed by atoms with Crippen LogP contribution < -0.4 is 5.69 Å². The molecule has 0 fully saturated rings. The van der Waals surface area contributed by atoms with Gasteiger partial charge in [-0.05, 0) is 12.1 Å². The molecule has 0 radical (unpaired) electrons. The molecule has 1 aromatic heterocycles. The minimum Gasteiger partial charge on any atom is -0.379 e. The van der Waals surface area contributed by atoms with Crippen molar-refractivity contribution in [3.8, 4) is 0 Å². The number of imidazole rings is 1. The first kappa shape index (κ1) is 12.2. The lowest BCUT2D eigenvalue weighted by atomic mass is 10.1. The highest BCUT2D eigenvalue weighted by molar-refractivity contribution is 9.10. The fraction of sp³-hybridized carbons (Fsp3) is 0.222. The number of hydrogen-bond donors (Lipinski definition) is 3. The Balaban J connectivity index is 2.61. The summed E-state index contributed by atoms with van der Waals surface area (Å²) in [6, 6.07) is 2.38. The molecule has 92 valence electrons. The summed E-state index contributed by atoms with van der Waals surface area (Å²) < 4.78 is 37.2. The molecule has 2 aromatic rings. The molecular formula is C9H6BrF3N2O2. The third kappa shape index (κ3) is 2.22. The van der Waals surface area contributed by atoms with Crippen LogP contribution in [0.1, 0.15) is 11.7 Å². The number of nitrogens with one attached hydrogen (secondary N) is 2. The van der Waals surface area contributed by atoms with Crippen LogP contribution in [0.2, 0.25) is 0 Å². The molecule has 1 heterocycles. The van der Waals surface area contributed by atoms with Crippen LogP contribution in [0, 0.1) is 0 Å². The zero-order valence-electron chi connectivity index (χ0n) is 8.10. The van der Waals surface area contributed by atoms with E-state index in [0.717, 1.165) is 6.07 Å². The maximum Gasteiger partial charge on any atom is 0.418 e. The maximum absolute atomic E-state index is 12.4. The third-order valence-corrected chi connectivity index (χ3v) is 2.92. The highest BCUT2D eigenvalue weighted by atomic mass is 79.9. The molecule has 1 atom stereocenters. The van der Waals surface area contributed by atoms with Crippen molar-refractivity contribution in [1.82, 2.24) is 9.97 Å². The van der Waals surface area contributed by atoms with Gasteiger partial charge in [0.15, 0.2) is 6.10 Å². The molecule has 1 unspecified atom stereocenters. The van der Waals surface area contributed by atoms with Crippen LogP contribution >= 0.6 is 15.9 Å². The summed E-state index contributed by atoms with van der Waals surface area (Å²) in [5.41, 5.74) is -0.303. The quantitative estimate of drug-likeness (QED) is 0.756. The topological polar surface area (TPSA) is 68.9 Å². The van der Waals surface area contributed by atoms with Gasteiger partial charge in [-0.15, -0.1) is 0 Å². The molecule has 0 spiro atoms. The van der Waals surface area contributed by atoms with Crippen molar-refractivity contribution in [3.63, 3.8) is 0 Å². The van der Waals surface area contributed by atoms with Gasteiger partial charge < -0.3 is 15.1 Å². The molecule has 0 bridgehead atoms. The molecule has 0 aliphatic rings. The van der Waals surface area contributed by atoms with Crippen LogP contribution in [-0.2, 0) is 0 Å². The van der Waals surface area contributed by atoms with Crippen LogP contribution in [0.4, 0.5) is 13.2 Å². The second kappa shape index (κ2) is 3.88. The highest BCUT2D eigenvalue weighted by Crippen LogP contribution is 2.37. The lowest BCUT2D eigenvalue weighted by Crippen LogP contribution is -2.20. The number of aliphatic hydroxyl groups excluding tert-OH is 1. The number of benzene rings is 1. The van der Waals surface area contributed by atoms with Crippen molar-refractivity contribution < 1.29 is 18.3 Å². The SMILES string of the molecule is O=c1[nH]c2cc(Br)c(C(O)C(F)(F)F)cc2[nH]1. The average Bonchev–Trinajstić information content (AvgIpc) is 2.53. The smallest absolute Gasteiger partial charge is 0.379 e. The molecule has 0 aliphatic heterocycles. The van der Waals surface area contributed by atoms with Gasteiger partial charge in [0.05, 0.1) is 11.0 Å². The van der Waals surface area contributed by atoms with Crippen LogP contribution in [0.15, 0.2) is 21.4 Å². The number of hydrogen-bond acceptors (Lipinski definition) is 2. The number of aliphatic hydroxyl groups is 1. The van der Waals surface area contributed by atoms with Crippen LogP contribution in [-0.4, -0.2) is 21.3 Å². The predicted molar refractivity (Wildman–Crippen MR) is 57.6 cm³/mol. The minimum absolute atomic E-state index is 0.0741. The Morgan fingerprint density at radius 1 is 1.24 bits per heavy atom. The summed E-state index contributed by atoms with van der Waals surface area (Å²) in [6.07, 6.45) is -7.35. The van der Waals surface area contributed by atoms with Gasteiger partial charge in [-0.2, -0.15) is 13.2 Å². The molecule has 17 heavy (non-hydrogen) atoms. The van der Waals surface area contributed by atoms with Crippen LogP contribution in [0.25, 0.3) is 11.0 Å². The number of H-pyrrole nitrogens is 2. The fourth-order valence-corrected chi connectivity index (χ4v) is 2.02. The number of halogens is 4. The lowest BCUT2D eigenvalue weighted by Gasteiger charge is -2.16. The van der Waals surface area contributed by atoms with E-state index in [2.05, 4.69) is 25.9 Å². The molecule has 0 saturated carbocycles. The van der Waals surface area contributed by atoms with Gasteiger partial charge >= 0.3 is 11.9 Å². The van der Waals surface area contributed by atoms with Gasteiger partial charge in [0.1, 0.15) is 0 Å². The molecular weight excluding hydrogens is 305 g/mol. The van der Waals surface area contributed by atoms with E-state index in [4.69, 9.17) is 5.11 Å². The number of rotatable bonds is 1. The second-order valence-corrected chi connectivity index (χ2v) is 4.30. The molecule has 2 rings (SSSR count). The van der Waals surface area contributed by atoms with Gasteiger partial charge in [-0.25, -0.2) is 4.79 Å². The van der Waals surface area contributed by atoms with Gasteiger partial charge in [0.2, 0.25) is 0 Å². The van der Waals surface area contributed by atoms with Crippen molar-refractivity contribution in [3.05, 3.63) is 32.7 Å². The van der Waals surface area contributed by atoms with Crippen molar-refractivity contribution in [1.29, 1.82) is 0 Å². The molecule has 0 amide bonds. The van der Waals surface area contributed by atoms with E-state index in [-0.39, 0.29) is 15.6 Å². The Labute approximate surface area is 101 Å². The molecule has 1 aromatic carbocycles. The Bertz CT molecular complexity index is 617. The van der Waals surface area contributed by atoms with E-state index in [1.54, 1.807) is 0 Å². The summed E-state index contributed by atoms with van der Waals surface area (Å²) in [6.45, 7) is 0. The fourth-order valence-electron chi connectivity index (χ4n) is 1.46. The molecule has 8 heteroatoms. The number of aromatic nitrogens is 2. The van der Waals surface area contributed by atoms with E-state index in [9.17, 15) is 18.0 Å². The van der Waals surface area contributed by atoms with Crippen LogP contribution in [0.3, 0.4) is 0 Å². The van der Waals surface area contributed by atoms with E-state index in [0.29, 0.717) is 5.52 Å². The zero-order chi connectivity index (χ0) is 12.8.